The van der Waals surface area contributed by atoms with Crippen molar-refractivity contribution < 1.29 is 46.9 Å². The van der Waals surface area contributed by atoms with Gasteiger partial charge in [0.1, 0.15) is 23.7 Å². The van der Waals surface area contributed by atoms with Gasteiger partial charge in [-0.2, -0.15) is 4.31 Å². The molecule has 0 bridgehead atoms. The first-order valence-corrected chi connectivity index (χ1v) is 17.8. The summed E-state index contributed by atoms with van der Waals surface area (Å²) >= 11 is 0. The molecule has 248 valence electrons. The van der Waals surface area contributed by atoms with Crippen molar-refractivity contribution in [2.75, 3.05) is 25.6 Å². The van der Waals surface area contributed by atoms with E-state index in [0.29, 0.717) is 43.6 Å². The number of fused-ring (bicyclic) bond motifs is 4. The first-order valence-electron chi connectivity index (χ1n) is 16.2. The number of aliphatic carboxylic acids is 1. The van der Waals surface area contributed by atoms with E-state index >= 15 is 0 Å². The van der Waals surface area contributed by atoms with E-state index in [0.717, 1.165) is 30.4 Å². The molecule has 4 heterocycles. The van der Waals surface area contributed by atoms with Gasteiger partial charge in [-0.15, -0.1) is 0 Å². The molecule has 46 heavy (non-hydrogen) atoms. The van der Waals surface area contributed by atoms with Crippen LogP contribution in [-0.2, 0) is 46.8 Å². The van der Waals surface area contributed by atoms with Gasteiger partial charge in [0, 0.05) is 18.9 Å². The number of nitrogens with one attached hydrogen (secondary N) is 1. The molecule has 2 aliphatic carbocycles. The van der Waals surface area contributed by atoms with E-state index in [9.17, 15) is 32.7 Å². The van der Waals surface area contributed by atoms with E-state index in [1.165, 1.54) is 9.21 Å². The predicted octanol–water partition coefficient (Wildman–Crippen LogP) is 1.53. The number of ether oxygens (including phenoxy) is 3. The van der Waals surface area contributed by atoms with Crippen molar-refractivity contribution >= 4 is 33.8 Å². The quantitative estimate of drug-likeness (QED) is 0.358. The molecule has 2 amide bonds. The number of hydrogen-bond donors (Lipinski definition) is 2. The van der Waals surface area contributed by atoms with Crippen molar-refractivity contribution in [3.63, 3.8) is 0 Å². The molecule has 1 unspecified atom stereocenters. The van der Waals surface area contributed by atoms with Crippen molar-refractivity contribution in [1.29, 1.82) is 0 Å². The summed E-state index contributed by atoms with van der Waals surface area (Å²) < 4.78 is 44.1. The number of rotatable bonds is 4. The third-order valence-electron chi connectivity index (χ3n) is 10.3. The minimum atomic E-state index is -3.65. The van der Waals surface area contributed by atoms with E-state index in [2.05, 4.69) is 5.32 Å². The van der Waals surface area contributed by atoms with E-state index in [-0.39, 0.29) is 44.4 Å². The van der Waals surface area contributed by atoms with Crippen LogP contribution in [0.5, 0.6) is 11.5 Å². The number of allylic oxidation sites excluding steroid dienone is 1. The lowest BCUT2D eigenvalue weighted by molar-refractivity contribution is -0.154. The summed E-state index contributed by atoms with van der Waals surface area (Å²) in [6, 6.07) is 1.65. The second-order valence-electron chi connectivity index (χ2n) is 13.3. The number of carbonyl (C=O) groups is 4. The number of nitrogens with zero attached hydrogens (tertiary/aromatic N) is 2. The van der Waals surface area contributed by atoms with Gasteiger partial charge in [0.15, 0.2) is 11.5 Å². The fourth-order valence-electron chi connectivity index (χ4n) is 7.71. The molecule has 0 radical (unpaired) electrons. The summed E-state index contributed by atoms with van der Waals surface area (Å²) in [5, 5.41) is 12.8. The molecule has 3 fully saturated rings. The van der Waals surface area contributed by atoms with Crippen LogP contribution in [0.1, 0.15) is 62.5 Å². The molecule has 6 aliphatic rings. The highest BCUT2D eigenvalue weighted by molar-refractivity contribution is 7.89. The SMILES string of the molecule is O=C(O[C@@H]1CC2C(=O)N[C@]3(C(=O)O)C[C@H]3/C=C\CCCCC[C@H](N3CCCS3(=O)=O)C(=O)N2C1)C1Cc2cc3c(cc2C1)OCO3. The molecule has 14 heteroatoms. The number of carboxylic acid groups (broad SMARTS) is 1. The molecular weight excluding hydrogens is 618 g/mol. The predicted molar refractivity (Wildman–Crippen MR) is 161 cm³/mol. The molecular formula is C32H39N3O10S. The topological polar surface area (TPSA) is 169 Å². The van der Waals surface area contributed by atoms with Crippen molar-refractivity contribution in [2.24, 2.45) is 11.8 Å². The fourth-order valence-corrected chi connectivity index (χ4v) is 9.42. The number of benzene rings is 1. The van der Waals surface area contributed by atoms with Gasteiger partial charge in [0.2, 0.25) is 28.6 Å². The Balaban J connectivity index is 1.13. The molecule has 2 N–H and O–H groups in total. The summed E-state index contributed by atoms with van der Waals surface area (Å²) in [5.74, 6) is -2.37. The zero-order chi connectivity index (χ0) is 32.2. The minimum absolute atomic E-state index is 0.0192. The fraction of sp³-hybridized carbons (Fsp3) is 0.625. The van der Waals surface area contributed by atoms with Crippen LogP contribution in [0.2, 0.25) is 0 Å². The lowest BCUT2D eigenvalue weighted by Gasteiger charge is -2.32. The van der Waals surface area contributed by atoms with Gasteiger partial charge in [-0.3, -0.25) is 14.4 Å². The van der Waals surface area contributed by atoms with Gasteiger partial charge >= 0.3 is 11.9 Å². The Morgan fingerprint density at radius 2 is 1.76 bits per heavy atom. The first kappa shape index (κ1) is 31.0. The summed E-state index contributed by atoms with van der Waals surface area (Å²) in [5.41, 5.74) is 0.473. The van der Waals surface area contributed by atoms with E-state index in [4.69, 9.17) is 14.2 Å². The van der Waals surface area contributed by atoms with Gasteiger partial charge in [0.05, 0.1) is 18.2 Å². The van der Waals surface area contributed by atoms with Crippen LogP contribution in [0.15, 0.2) is 24.3 Å². The average molecular weight is 658 g/mol. The van der Waals surface area contributed by atoms with Gasteiger partial charge < -0.3 is 29.5 Å². The van der Waals surface area contributed by atoms with Crippen molar-refractivity contribution in [1.82, 2.24) is 14.5 Å². The Morgan fingerprint density at radius 3 is 2.43 bits per heavy atom. The van der Waals surface area contributed by atoms with Gasteiger partial charge in [0.25, 0.3) is 0 Å². The Labute approximate surface area is 267 Å². The number of carbonyl (C=O) groups excluding carboxylic acids is 3. The van der Waals surface area contributed by atoms with Crippen LogP contribution in [0.25, 0.3) is 0 Å². The Morgan fingerprint density at radius 1 is 1.02 bits per heavy atom. The standard InChI is InChI=1S/C32H39N3O10S/c36-28-25-15-23(45-30(38)21-11-19-13-26-27(44-18-43-26)14-20(19)12-21)17-34(25)29(37)24(35-9-6-10-46(35,41)42)8-5-3-1-2-4-7-22-16-32(22,33-28)31(39)40/h4,7,13-14,21-25H,1-3,5-6,8-12,15-18H2,(H,33,36)(H,39,40)/b7-4-/t22-,23-,24+,25?,32-/m1/s1. The highest BCUT2D eigenvalue weighted by atomic mass is 32.2. The number of esters is 1. The van der Waals surface area contributed by atoms with Crippen LogP contribution in [-0.4, -0.2) is 95.8 Å². The Bertz CT molecular complexity index is 1560. The zero-order valence-electron chi connectivity index (χ0n) is 25.5. The smallest absolute Gasteiger partial charge is 0.330 e. The third-order valence-corrected chi connectivity index (χ3v) is 12.3. The van der Waals surface area contributed by atoms with Crippen molar-refractivity contribution in [3.8, 4) is 11.5 Å². The van der Waals surface area contributed by atoms with Crippen LogP contribution < -0.4 is 14.8 Å². The van der Waals surface area contributed by atoms with E-state index in [1.807, 2.05) is 24.3 Å². The second kappa shape index (κ2) is 11.9. The summed E-state index contributed by atoms with van der Waals surface area (Å²) in [6.07, 6.45) is 7.69. The van der Waals surface area contributed by atoms with Gasteiger partial charge in [-0.25, -0.2) is 13.2 Å². The molecule has 1 aromatic rings. The second-order valence-corrected chi connectivity index (χ2v) is 15.4. The first-order chi connectivity index (χ1) is 22.1. The van der Waals surface area contributed by atoms with Gasteiger partial charge in [-0.1, -0.05) is 25.0 Å². The lowest BCUT2D eigenvalue weighted by Crippen LogP contribution is -2.56. The maximum atomic E-state index is 14.3. The molecule has 0 aromatic heterocycles. The number of sulfonamides is 1. The van der Waals surface area contributed by atoms with Crippen molar-refractivity contribution in [3.05, 3.63) is 35.4 Å². The van der Waals surface area contributed by atoms with Crippen molar-refractivity contribution in [2.45, 2.75) is 87.9 Å². The molecule has 7 rings (SSSR count). The number of hydrogen-bond acceptors (Lipinski definition) is 9. The molecule has 13 nitrogen and oxygen atoms in total. The molecule has 1 aromatic carbocycles. The largest absolute Gasteiger partial charge is 0.479 e. The normalized spacial score (nSPS) is 33.3. The Hall–Kier alpha value is -3.65. The van der Waals surface area contributed by atoms with Crippen LogP contribution in [0.4, 0.5) is 0 Å². The molecule has 2 saturated heterocycles. The van der Waals surface area contributed by atoms with Crippen LogP contribution in [0.3, 0.4) is 0 Å². The van der Waals surface area contributed by atoms with E-state index < -0.39 is 63.4 Å². The Kier molecular flexibility index (Phi) is 7.98. The molecule has 0 spiro atoms. The average Bonchev–Trinajstić information content (AvgIpc) is 3.50. The lowest BCUT2D eigenvalue weighted by atomic mass is 10.0. The van der Waals surface area contributed by atoms with Crippen LogP contribution in [0, 0.1) is 11.8 Å². The monoisotopic (exact) mass is 657 g/mol. The molecule has 4 aliphatic heterocycles. The third kappa shape index (κ3) is 5.63. The van der Waals surface area contributed by atoms with E-state index in [1.54, 1.807) is 0 Å². The summed E-state index contributed by atoms with van der Waals surface area (Å²) in [4.78, 5) is 55.2. The molecule has 1 saturated carbocycles. The summed E-state index contributed by atoms with van der Waals surface area (Å²) in [7, 11) is -3.65. The highest BCUT2D eigenvalue weighted by Gasteiger charge is 2.61. The maximum Gasteiger partial charge on any atom is 0.330 e. The number of amides is 2. The van der Waals surface area contributed by atoms with Gasteiger partial charge in [-0.05, 0) is 68.2 Å². The summed E-state index contributed by atoms with van der Waals surface area (Å²) in [6.45, 7) is 0.285. The molecule has 5 atom stereocenters. The zero-order valence-corrected chi connectivity index (χ0v) is 26.3. The highest BCUT2D eigenvalue weighted by Crippen LogP contribution is 2.46. The maximum absolute atomic E-state index is 14.3. The minimum Gasteiger partial charge on any atom is -0.479 e. The number of carboxylic acids is 1. The van der Waals surface area contributed by atoms with Crippen LogP contribution >= 0.6 is 0 Å².